The van der Waals surface area contributed by atoms with Gasteiger partial charge in [-0.25, -0.2) is 0 Å². The average Bonchev–Trinajstić information content (AvgIpc) is 2.79. The van der Waals surface area contributed by atoms with Gasteiger partial charge in [-0.3, -0.25) is 20.4 Å². The Morgan fingerprint density at radius 2 is 1.43 bits per heavy atom. The number of benzene rings is 3. The number of rotatable bonds is 7. The van der Waals surface area contributed by atoms with E-state index in [2.05, 4.69) is 21.3 Å². The van der Waals surface area contributed by atoms with Gasteiger partial charge in [0.1, 0.15) is 0 Å². The number of amides is 2. The molecule has 7 heteroatoms. The molecule has 0 aromatic heterocycles. The van der Waals surface area contributed by atoms with Crippen molar-refractivity contribution in [2.45, 2.75) is 6.92 Å². The smallest absolute Gasteiger partial charge is 0.279 e. The fourth-order valence-electron chi connectivity index (χ4n) is 2.58. The van der Waals surface area contributed by atoms with Gasteiger partial charge in [0.15, 0.2) is 6.61 Å². The summed E-state index contributed by atoms with van der Waals surface area (Å²) in [7, 11) is 0. The minimum Gasteiger partial charge on any atom is -0.385 e. The maximum atomic E-state index is 12.3. The summed E-state index contributed by atoms with van der Waals surface area (Å²) in [5.41, 5.74) is 8.29. The average molecular weight is 402 g/mol. The largest absolute Gasteiger partial charge is 0.385 e. The van der Waals surface area contributed by atoms with E-state index in [1.165, 1.54) is 0 Å². The lowest BCUT2D eigenvalue weighted by Crippen LogP contribution is -2.43. The summed E-state index contributed by atoms with van der Waals surface area (Å²) in [5, 5.41) is 7.12. The Bertz CT molecular complexity index is 1020. The van der Waals surface area contributed by atoms with Crippen molar-refractivity contribution < 1.29 is 14.4 Å². The zero-order chi connectivity index (χ0) is 21.2. The highest BCUT2D eigenvalue weighted by molar-refractivity contribution is 5.98. The molecule has 0 aliphatic rings. The predicted octanol–water partition coefficient (Wildman–Crippen LogP) is 3.63. The van der Waals surface area contributed by atoms with Crippen molar-refractivity contribution in [3.05, 3.63) is 96.1 Å². The van der Waals surface area contributed by atoms with Gasteiger partial charge in [0.05, 0.1) is 5.71 Å². The summed E-state index contributed by atoms with van der Waals surface area (Å²) in [6, 6.07) is 26.0. The molecule has 0 aliphatic heterocycles. The Morgan fingerprint density at radius 1 is 0.800 bits per heavy atom. The van der Waals surface area contributed by atoms with Crippen LogP contribution in [0, 0.1) is 0 Å². The molecule has 0 bridgehead atoms. The summed E-state index contributed by atoms with van der Waals surface area (Å²) < 4.78 is 0. The monoisotopic (exact) mass is 402 g/mol. The summed E-state index contributed by atoms with van der Waals surface area (Å²) in [6.45, 7) is 1.46. The molecule has 30 heavy (non-hydrogen) atoms. The van der Waals surface area contributed by atoms with E-state index in [0.717, 1.165) is 16.9 Å². The van der Waals surface area contributed by atoms with Gasteiger partial charge in [-0.1, -0.05) is 59.8 Å². The number of hydrogen-bond donors (Lipinski definition) is 3. The van der Waals surface area contributed by atoms with Gasteiger partial charge < -0.3 is 10.2 Å². The van der Waals surface area contributed by atoms with Crippen molar-refractivity contribution in [2.75, 3.05) is 11.9 Å². The van der Waals surface area contributed by atoms with E-state index in [4.69, 9.17) is 4.84 Å². The van der Waals surface area contributed by atoms with Crippen LogP contribution in [-0.4, -0.2) is 24.1 Å². The van der Waals surface area contributed by atoms with Crippen molar-refractivity contribution in [3.63, 3.8) is 0 Å². The second kappa shape index (κ2) is 10.4. The van der Waals surface area contributed by atoms with Crippen LogP contribution in [0.2, 0.25) is 0 Å². The number of para-hydroxylation sites is 1. The summed E-state index contributed by atoms with van der Waals surface area (Å²) in [4.78, 5) is 29.2. The van der Waals surface area contributed by atoms with E-state index in [9.17, 15) is 9.59 Å². The van der Waals surface area contributed by atoms with Crippen LogP contribution in [-0.2, 0) is 9.63 Å². The predicted molar refractivity (Wildman–Crippen MR) is 116 cm³/mol. The first-order valence-corrected chi connectivity index (χ1v) is 9.35. The summed E-state index contributed by atoms with van der Waals surface area (Å²) >= 11 is 0. The third kappa shape index (κ3) is 6.20. The highest BCUT2D eigenvalue weighted by Gasteiger charge is 2.09. The number of carbonyl (C=O) groups is 2. The molecule has 3 aromatic rings. The minimum absolute atomic E-state index is 0.319. The molecule has 0 saturated heterocycles. The molecule has 0 aliphatic carbocycles. The third-order valence-corrected chi connectivity index (χ3v) is 4.09. The Balaban J connectivity index is 1.47. The maximum absolute atomic E-state index is 12.3. The van der Waals surface area contributed by atoms with Gasteiger partial charge in [-0.15, -0.1) is 0 Å². The van der Waals surface area contributed by atoms with Gasteiger partial charge in [-0.2, -0.15) is 0 Å². The van der Waals surface area contributed by atoms with E-state index in [-0.39, 0.29) is 6.61 Å². The van der Waals surface area contributed by atoms with Crippen LogP contribution < -0.4 is 16.2 Å². The molecule has 3 N–H and O–H groups in total. The number of nitrogens with one attached hydrogen (secondary N) is 3. The minimum atomic E-state index is -0.522. The molecule has 0 spiro atoms. The van der Waals surface area contributed by atoms with E-state index in [0.29, 0.717) is 11.3 Å². The van der Waals surface area contributed by atoms with E-state index < -0.39 is 11.8 Å². The molecule has 2 amide bonds. The fourth-order valence-corrected chi connectivity index (χ4v) is 2.58. The summed E-state index contributed by atoms with van der Waals surface area (Å²) in [5.74, 6) is -0.962. The van der Waals surface area contributed by atoms with Crippen molar-refractivity contribution in [1.29, 1.82) is 0 Å². The van der Waals surface area contributed by atoms with E-state index >= 15 is 0 Å². The van der Waals surface area contributed by atoms with Crippen LogP contribution >= 0.6 is 0 Å². The lowest BCUT2D eigenvalue weighted by Gasteiger charge is -2.10. The summed E-state index contributed by atoms with van der Waals surface area (Å²) in [6.07, 6.45) is 0. The van der Waals surface area contributed by atoms with Crippen LogP contribution in [0.5, 0.6) is 0 Å². The molecule has 0 atom stereocenters. The van der Waals surface area contributed by atoms with Crippen LogP contribution in [0.15, 0.2) is 90.1 Å². The Labute approximate surface area is 174 Å². The maximum Gasteiger partial charge on any atom is 0.279 e. The van der Waals surface area contributed by atoms with Gasteiger partial charge in [-0.05, 0) is 42.8 Å². The normalized spacial score (nSPS) is 10.8. The van der Waals surface area contributed by atoms with Gasteiger partial charge in [0, 0.05) is 16.9 Å². The third-order valence-electron chi connectivity index (χ3n) is 4.09. The Hall–Kier alpha value is -4.13. The molecule has 0 radical (unpaired) electrons. The topological polar surface area (TPSA) is 91.8 Å². The van der Waals surface area contributed by atoms with Crippen molar-refractivity contribution >= 4 is 28.9 Å². The van der Waals surface area contributed by atoms with Crippen LogP contribution in [0.4, 0.5) is 11.4 Å². The molecule has 3 rings (SSSR count). The molecular weight excluding hydrogens is 380 g/mol. The Morgan fingerprint density at radius 3 is 2.17 bits per heavy atom. The zero-order valence-electron chi connectivity index (χ0n) is 16.5. The highest BCUT2D eigenvalue weighted by atomic mass is 16.6. The second-order valence-corrected chi connectivity index (χ2v) is 6.39. The molecule has 7 nitrogen and oxygen atoms in total. The number of oxime groups is 1. The lowest BCUT2D eigenvalue weighted by atomic mass is 10.1. The first kappa shape index (κ1) is 20.6. The van der Waals surface area contributed by atoms with Gasteiger partial charge >= 0.3 is 0 Å². The van der Waals surface area contributed by atoms with Crippen molar-refractivity contribution in [2.24, 2.45) is 5.16 Å². The molecular formula is C23H22N4O3. The van der Waals surface area contributed by atoms with Crippen LogP contribution in [0.3, 0.4) is 0 Å². The molecule has 0 fully saturated rings. The van der Waals surface area contributed by atoms with E-state index in [1.807, 2.05) is 66.7 Å². The fraction of sp³-hybridized carbons (Fsp3) is 0.0870. The highest BCUT2D eigenvalue weighted by Crippen LogP contribution is 2.17. The molecule has 0 saturated carbocycles. The number of hydrazine groups is 1. The standard InChI is InChI=1S/C23H22N4O3/c1-17(18-9-4-2-5-10-18)27-30-16-22(28)25-26-23(29)19-11-8-14-21(15-19)24-20-12-6-3-7-13-20/h2-15,24H,16H2,1H3,(H,25,28)(H,26,29). The van der Waals surface area contributed by atoms with Crippen LogP contribution in [0.25, 0.3) is 0 Å². The number of nitrogens with zero attached hydrogens (tertiary/aromatic N) is 1. The first-order valence-electron chi connectivity index (χ1n) is 9.35. The van der Waals surface area contributed by atoms with Gasteiger partial charge in [0.25, 0.3) is 11.8 Å². The second-order valence-electron chi connectivity index (χ2n) is 6.39. The zero-order valence-corrected chi connectivity index (χ0v) is 16.5. The number of anilines is 2. The van der Waals surface area contributed by atoms with Gasteiger partial charge in [0.2, 0.25) is 0 Å². The first-order chi connectivity index (χ1) is 14.6. The van der Waals surface area contributed by atoms with Crippen LogP contribution in [0.1, 0.15) is 22.8 Å². The molecule has 0 unspecified atom stereocenters. The quantitative estimate of drug-likeness (QED) is 0.416. The SMILES string of the molecule is CC(=NOCC(=O)NNC(=O)c1cccc(Nc2ccccc2)c1)c1ccccc1. The molecule has 152 valence electrons. The number of carbonyl (C=O) groups excluding carboxylic acids is 2. The van der Waals surface area contributed by atoms with Crippen molar-refractivity contribution in [1.82, 2.24) is 10.9 Å². The molecule has 3 aromatic carbocycles. The lowest BCUT2D eigenvalue weighted by molar-refractivity contribution is -0.126. The van der Waals surface area contributed by atoms with E-state index in [1.54, 1.807) is 25.1 Å². The number of hydrogen-bond acceptors (Lipinski definition) is 5. The Kier molecular flexibility index (Phi) is 7.16. The van der Waals surface area contributed by atoms with Crippen molar-refractivity contribution in [3.8, 4) is 0 Å². The molecule has 0 heterocycles.